The topological polar surface area (TPSA) is 92.1 Å². The fraction of sp³-hybridized carbons (Fsp3) is 0.625. The number of hydrogen-bond donors (Lipinski definition) is 2. The SMILES string of the molecule is NC(=O)C1C=CCCC1C1=CCC(C(=O)N(C2CC2)C2CCc3[nH]ncc3C2)CC1. The van der Waals surface area contributed by atoms with E-state index in [-0.39, 0.29) is 23.7 Å². The summed E-state index contributed by atoms with van der Waals surface area (Å²) in [6.07, 6.45) is 18.0. The molecule has 30 heavy (non-hydrogen) atoms. The van der Waals surface area contributed by atoms with Crippen LogP contribution in [0.3, 0.4) is 0 Å². The van der Waals surface area contributed by atoms with Gasteiger partial charge in [0.25, 0.3) is 0 Å². The highest BCUT2D eigenvalue weighted by Gasteiger charge is 2.41. The molecule has 1 saturated carbocycles. The average molecular weight is 409 g/mol. The number of primary amides is 1. The van der Waals surface area contributed by atoms with Crippen molar-refractivity contribution in [2.24, 2.45) is 23.5 Å². The molecule has 2 amide bonds. The minimum atomic E-state index is -0.231. The van der Waals surface area contributed by atoms with Crippen LogP contribution in [0.25, 0.3) is 0 Å². The van der Waals surface area contributed by atoms with Gasteiger partial charge in [-0.05, 0) is 75.7 Å². The van der Waals surface area contributed by atoms with Gasteiger partial charge in [0.2, 0.25) is 11.8 Å². The number of nitrogens with two attached hydrogens (primary N) is 1. The molecule has 1 aromatic rings. The maximum atomic E-state index is 13.6. The van der Waals surface area contributed by atoms with E-state index in [0.29, 0.717) is 18.0 Å². The largest absolute Gasteiger partial charge is 0.369 e. The van der Waals surface area contributed by atoms with Crippen molar-refractivity contribution in [3.63, 3.8) is 0 Å². The normalized spacial score (nSPS) is 31.0. The van der Waals surface area contributed by atoms with E-state index in [9.17, 15) is 9.59 Å². The lowest BCUT2D eigenvalue weighted by Gasteiger charge is -2.38. The van der Waals surface area contributed by atoms with Crippen LogP contribution < -0.4 is 5.73 Å². The summed E-state index contributed by atoms with van der Waals surface area (Å²) in [4.78, 5) is 27.7. The summed E-state index contributed by atoms with van der Waals surface area (Å²) in [5, 5.41) is 7.29. The van der Waals surface area contributed by atoms with Crippen LogP contribution in [0.15, 0.2) is 30.0 Å². The second kappa shape index (κ2) is 8.05. The molecular weight excluding hydrogens is 376 g/mol. The Kier molecular flexibility index (Phi) is 5.25. The molecule has 1 heterocycles. The monoisotopic (exact) mass is 408 g/mol. The lowest BCUT2D eigenvalue weighted by Crippen LogP contribution is -2.47. The molecule has 0 bridgehead atoms. The molecule has 4 aliphatic rings. The summed E-state index contributed by atoms with van der Waals surface area (Å²) in [5.74, 6) is 0.226. The Bertz CT molecular complexity index is 882. The van der Waals surface area contributed by atoms with Gasteiger partial charge < -0.3 is 10.6 Å². The van der Waals surface area contributed by atoms with E-state index in [1.807, 2.05) is 12.3 Å². The molecule has 0 saturated heterocycles. The Morgan fingerprint density at radius 1 is 1.10 bits per heavy atom. The van der Waals surface area contributed by atoms with Gasteiger partial charge in [-0.25, -0.2) is 0 Å². The standard InChI is InChI=1S/C24H32N4O2/c25-23(29)21-4-2-1-3-20(21)15-5-7-16(8-6-15)24(30)28(18-9-10-18)19-11-12-22-17(13-19)14-26-27-22/h2,4-5,14,16,18-21H,1,3,6-13H2,(H2,25,29)(H,26,27). The van der Waals surface area contributed by atoms with Crippen LogP contribution in [0.5, 0.6) is 0 Å². The maximum absolute atomic E-state index is 13.6. The molecule has 160 valence electrons. The molecule has 5 rings (SSSR count). The molecule has 4 unspecified atom stereocenters. The molecule has 0 spiro atoms. The van der Waals surface area contributed by atoms with Crippen LogP contribution in [0, 0.1) is 17.8 Å². The minimum absolute atomic E-state index is 0.0752. The molecular formula is C24H32N4O2. The van der Waals surface area contributed by atoms with E-state index < -0.39 is 0 Å². The highest BCUT2D eigenvalue weighted by atomic mass is 16.2. The van der Waals surface area contributed by atoms with E-state index in [2.05, 4.69) is 27.2 Å². The molecule has 6 nitrogen and oxygen atoms in total. The van der Waals surface area contributed by atoms with Crippen molar-refractivity contribution in [1.29, 1.82) is 0 Å². The summed E-state index contributed by atoms with van der Waals surface area (Å²) in [6.45, 7) is 0. The number of nitrogens with one attached hydrogen (secondary N) is 1. The highest BCUT2D eigenvalue weighted by Crippen LogP contribution is 2.40. The van der Waals surface area contributed by atoms with Crippen molar-refractivity contribution >= 4 is 11.8 Å². The van der Waals surface area contributed by atoms with E-state index >= 15 is 0 Å². The Hall–Kier alpha value is -2.37. The number of H-pyrrole nitrogens is 1. The Morgan fingerprint density at radius 3 is 2.70 bits per heavy atom. The number of amides is 2. The van der Waals surface area contributed by atoms with Crippen molar-refractivity contribution in [1.82, 2.24) is 15.1 Å². The lowest BCUT2D eigenvalue weighted by molar-refractivity contribution is -0.139. The second-order valence-electron chi connectivity index (χ2n) is 9.54. The Balaban J connectivity index is 1.27. The number of aromatic amines is 1. The van der Waals surface area contributed by atoms with Gasteiger partial charge in [0.05, 0.1) is 12.1 Å². The average Bonchev–Trinajstić information content (AvgIpc) is 3.49. The molecule has 0 aliphatic heterocycles. The van der Waals surface area contributed by atoms with Gasteiger partial charge in [-0.1, -0.05) is 23.8 Å². The summed E-state index contributed by atoms with van der Waals surface area (Å²) in [5.41, 5.74) is 9.50. The molecule has 0 aromatic carbocycles. The van der Waals surface area contributed by atoms with Crippen molar-refractivity contribution < 1.29 is 9.59 Å². The van der Waals surface area contributed by atoms with Crippen LogP contribution in [-0.4, -0.2) is 39.0 Å². The molecule has 4 atom stereocenters. The zero-order chi connectivity index (χ0) is 20.7. The first-order chi connectivity index (χ1) is 14.6. The zero-order valence-electron chi connectivity index (χ0n) is 17.6. The van der Waals surface area contributed by atoms with Crippen LogP contribution in [0.2, 0.25) is 0 Å². The fourth-order valence-electron chi connectivity index (χ4n) is 5.81. The van der Waals surface area contributed by atoms with Gasteiger partial charge >= 0.3 is 0 Å². The third-order valence-corrected chi connectivity index (χ3v) is 7.60. The first-order valence-corrected chi connectivity index (χ1v) is 11.6. The minimum Gasteiger partial charge on any atom is -0.369 e. The molecule has 0 radical (unpaired) electrons. The molecule has 6 heteroatoms. The zero-order valence-corrected chi connectivity index (χ0v) is 17.6. The first-order valence-electron chi connectivity index (χ1n) is 11.6. The summed E-state index contributed by atoms with van der Waals surface area (Å²) < 4.78 is 0. The third-order valence-electron chi connectivity index (χ3n) is 7.60. The van der Waals surface area contributed by atoms with E-state index in [0.717, 1.165) is 64.2 Å². The first kappa shape index (κ1) is 19.6. The number of carbonyl (C=O) groups is 2. The number of allylic oxidation sites excluding steroid dienone is 3. The van der Waals surface area contributed by atoms with Crippen molar-refractivity contribution in [3.05, 3.63) is 41.3 Å². The van der Waals surface area contributed by atoms with E-state index in [1.54, 1.807) is 0 Å². The number of nitrogens with zero attached hydrogens (tertiary/aromatic N) is 2. The number of aryl methyl sites for hydroxylation is 1. The van der Waals surface area contributed by atoms with Crippen LogP contribution in [-0.2, 0) is 22.4 Å². The number of fused-ring (bicyclic) bond motifs is 1. The lowest BCUT2D eigenvalue weighted by atomic mass is 9.73. The molecule has 1 fully saturated rings. The van der Waals surface area contributed by atoms with Gasteiger partial charge in [-0.3, -0.25) is 14.7 Å². The van der Waals surface area contributed by atoms with Crippen molar-refractivity contribution in [2.75, 3.05) is 0 Å². The molecule has 4 aliphatic carbocycles. The predicted octanol–water partition coefficient (Wildman–Crippen LogP) is 3.05. The van der Waals surface area contributed by atoms with E-state index in [1.165, 1.54) is 16.8 Å². The van der Waals surface area contributed by atoms with Crippen LogP contribution >= 0.6 is 0 Å². The fourth-order valence-corrected chi connectivity index (χ4v) is 5.81. The Morgan fingerprint density at radius 2 is 1.97 bits per heavy atom. The Labute approximate surface area is 178 Å². The van der Waals surface area contributed by atoms with Gasteiger partial charge in [-0.2, -0.15) is 5.10 Å². The molecule has 1 aromatic heterocycles. The van der Waals surface area contributed by atoms with E-state index in [4.69, 9.17) is 5.73 Å². The van der Waals surface area contributed by atoms with Crippen LogP contribution in [0.1, 0.15) is 62.6 Å². The van der Waals surface area contributed by atoms with Crippen LogP contribution in [0.4, 0.5) is 0 Å². The van der Waals surface area contributed by atoms with Gasteiger partial charge in [0.15, 0.2) is 0 Å². The predicted molar refractivity (Wildman–Crippen MR) is 114 cm³/mol. The maximum Gasteiger partial charge on any atom is 0.226 e. The quantitative estimate of drug-likeness (QED) is 0.734. The smallest absolute Gasteiger partial charge is 0.226 e. The van der Waals surface area contributed by atoms with Gasteiger partial charge in [-0.15, -0.1) is 0 Å². The van der Waals surface area contributed by atoms with Crippen molar-refractivity contribution in [3.8, 4) is 0 Å². The molecule has 3 N–H and O–H groups in total. The number of rotatable bonds is 5. The summed E-state index contributed by atoms with van der Waals surface area (Å²) in [7, 11) is 0. The third kappa shape index (κ3) is 3.72. The highest BCUT2D eigenvalue weighted by molar-refractivity contribution is 5.81. The summed E-state index contributed by atoms with van der Waals surface area (Å²) >= 11 is 0. The number of aromatic nitrogens is 2. The second-order valence-corrected chi connectivity index (χ2v) is 9.54. The van der Waals surface area contributed by atoms with Gasteiger partial charge in [0, 0.05) is 23.7 Å². The summed E-state index contributed by atoms with van der Waals surface area (Å²) in [6, 6.07) is 0.743. The number of carbonyl (C=O) groups excluding carboxylic acids is 2. The number of hydrogen-bond acceptors (Lipinski definition) is 3. The van der Waals surface area contributed by atoms with Crippen molar-refractivity contribution in [2.45, 2.75) is 76.3 Å². The van der Waals surface area contributed by atoms with Gasteiger partial charge in [0.1, 0.15) is 0 Å².